The molecule has 0 aliphatic carbocycles. The number of piperidine rings is 1. The van der Waals surface area contributed by atoms with Gasteiger partial charge in [-0.2, -0.15) is 5.26 Å². The molecule has 0 amide bonds. The van der Waals surface area contributed by atoms with Gasteiger partial charge in [0, 0.05) is 13.1 Å². The molecule has 1 aromatic rings. The number of hydrogen-bond donors (Lipinski definition) is 0. The van der Waals surface area contributed by atoms with Crippen LogP contribution < -0.4 is 0 Å². The lowest BCUT2D eigenvalue weighted by atomic mass is 9.88. The largest absolute Gasteiger partial charge is 0.303 e. The molecule has 2 unspecified atom stereocenters. The van der Waals surface area contributed by atoms with E-state index in [0.29, 0.717) is 5.92 Å². The topological polar surface area (TPSA) is 27.0 Å². The second kappa shape index (κ2) is 5.84. The van der Waals surface area contributed by atoms with Crippen LogP contribution in [0.5, 0.6) is 0 Å². The van der Waals surface area contributed by atoms with Crippen molar-refractivity contribution in [2.75, 3.05) is 19.6 Å². The standard InChI is InChI=1S/C15H20N2/c1-13-12-17(10-8-15(13)11-16)9-7-14-5-3-2-4-6-14/h2-6,13,15H,7-10,12H2,1H3. The maximum atomic E-state index is 8.99. The van der Waals surface area contributed by atoms with Crippen LogP contribution in [0.4, 0.5) is 0 Å². The molecule has 0 radical (unpaired) electrons. The van der Waals surface area contributed by atoms with E-state index in [4.69, 9.17) is 5.26 Å². The van der Waals surface area contributed by atoms with E-state index in [1.54, 1.807) is 0 Å². The van der Waals surface area contributed by atoms with Crippen LogP contribution in [0.2, 0.25) is 0 Å². The molecule has 1 saturated heterocycles. The Morgan fingerprint density at radius 2 is 2.12 bits per heavy atom. The van der Waals surface area contributed by atoms with Crippen molar-refractivity contribution in [1.29, 1.82) is 5.26 Å². The lowest BCUT2D eigenvalue weighted by Crippen LogP contribution is -2.39. The molecule has 0 N–H and O–H groups in total. The Bertz CT molecular complexity index is 380. The molecule has 2 heteroatoms. The van der Waals surface area contributed by atoms with Crippen molar-refractivity contribution in [3.8, 4) is 6.07 Å². The maximum Gasteiger partial charge on any atom is 0.0659 e. The molecule has 0 bridgehead atoms. The van der Waals surface area contributed by atoms with Crippen molar-refractivity contribution >= 4 is 0 Å². The van der Waals surface area contributed by atoms with Gasteiger partial charge in [0.05, 0.1) is 12.0 Å². The second-order valence-electron chi connectivity index (χ2n) is 5.04. The molecule has 1 aliphatic heterocycles. The summed E-state index contributed by atoms with van der Waals surface area (Å²) in [6.45, 7) is 5.47. The number of rotatable bonds is 3. The monoisotopic (exact) mass is 228 g/mol. The van der Waals surface area contributed by atoms with Crippen LogP contribution in [-0.4, -0.2) is 24.5 Å². The van der Waals surface area contributed by atoms with Crippen molar-refractivity contribution in [3.05, 3.63) is 35.9 Å². The molecule has 1 heterocycles. The Kier molecular flexibility index (Phi) is 4.17. The highest BCUT2D eigenvalue weighted by Gasteiger charge is 2.25. The SMILES string of the molecule is CC1CN(CCc2ccccc2)CCC1C#N. The number of likely N-dealkylation sites (tertiary alicyclic amines) is 1. The Labute approximate surface area is 104 Å². The summed E-state index contributed by atoms with van der Waals surface area (Å²) in [7, 11) is 0. The van der Waals surface area contributed by atoms with Crippen molar-refractivity contribution in [1.82, 2.24) is 4.90 Å². The number of hydrogen-bond acceptors (Lipinski definition) is 2. The van der Waals surface area contributed by atoms with Gasteiger partial charge < -0.3 is 4.90 Å². The molecule has 17 heavy (non-hydrogen) atoms. The summed E-state index contributed by atoms with van der Waals surface area (Å²) in [6, 6.07) is 13.0. The van der Waals surface area contributed by atoms with E-state index in [1.807, 2.05) is 0 Å². The molecule has 0 spiro atoms. The van der Waals surface area contributed by atoms with E-state index in [2.05, 4.69) is 48.2 Å². The van der Waals surface area contributed by atoms with Crippen molar-refractivity contribution in [2.45, 2.75) is 19.8 Å². The quantitative estimate of drug-likeness (QED) is 0.795. The normalized spacial score (nSPS) is 25.4. The Morgan fingerprint density at radius 1 is 1.35 bits per heavy atom. The first-order valence-corrected chi connectivity index (χ1v) is 6.45. The molecule has 0 aromatic heterocycles. The molecule has 0 saturated carbocycles. The summed E-state index contributed by atoms with van der Waals surface area (Å²) >= 11 is 0. The number of benzene rings is 1. The maximum absolute atomic E-state index is 8.99. The lowest BCUT2D eigenvalue weighted by Gasteiger charge is -2.33. The van der Waals surface area contributed by atoms with Crippen LogP contribution >= 0.6 is 0 Å². The van der Waals surface area contributed by atoms with Crippen LogP contribution in [0, 0.1) is 23.2 Å². The van der Waals surface area contributed by atoms with Gasteiger partial charge >= 0.3 is 0 Å². The summed E-state index contributed by atoms with van der Waals surface area (Å²) in [6.07, 6.45) is 2.15. The average molecular weight is 228 g/mol. The lowest BCUT2D eigenvalue weighted by molar-refractivity contribution is 0.156. The van der Waals surface area contributed by atoms with E-state index in [0.717, 1.165) is 32.5 Å². The van der Waals surface area contributed by atoms with Gasteiger partial charge in [-0.1, -0.05) is 37.3 Å². The Morgan fingerprint density at radius 3 is 2.76 bits per heavy atom. The molecule has 1 fully saturated rings. The van der Waals surface area contributed by atoms with Crippen LogP contribution in [0.15, 0.2) is 30.3 Å². The highest BCUT2D eigenvalue weighted by atomic mass is 15.1. The zero-order chi connectivity index (χ0) is 12.1. The van der Waals surface area contributed by atoms with Crippen LogP contribution in [-0.2, 0) is 6.42 Å². The average Bonchev–Trinajstić information content (AvgIpc) is 2.38. The molecule has 1 aliphatic rings. The summed E-state index contributed by atoms with van der Waals surface area (Å²) in [5, 5.41) is 8.99. The summed E-state index contributed by atoms with van der Waals surface area (Å²) < 4.78 is 0. The first-order valence-electron chi connectivity index (χ1n) is 6.45. The fourth-order valence-corrected chi connectivity index (χ4v) is 2.56. The Balaban J connectivity index is 1.80. The van der Waals surface area contributed by atoms with Crippen molar-refractivity contribution < 1.29 is 0 Å². The van der Waals surface area contributed by atoms with Crippen LogP contribution in [0.25, 0.3) is 0 Å². The van der Waals surface area contributed by atoms with Crippen molar-refractivity contribution in [2.24, 2.45) is 11.8 Å². The smallest absolute Gasteiger partial charge is 0.0659 e. The zero-order valence-corrected chi connectivity index (χ0v) is 10.5. The highest BCUT2D eigenvalue weighted by molar-refractivity contribution is 5.14. The van der Waals surface area contributed by atoms with E-state index in [1.165, 1.54) is 5.56 Å². The minimum absolute atomic E-state index is 0.267. The van der Waals surface area contributed by atoms with Gasteiger partial charge in [-0.3, -0.25) is 0 Å². The van der Waals surface area contributed by atoms with E-state index in [9.17, 15) is 0 Å². The van der Waals surface area contributed by atoms with Gasteiger partial charge in [0.15, 0.2) is 0 Å². The van der Waals surface area contributed by atoms with Crippen molar-refractivity contribution in [3.63, 3.8) is 0 Å². The molecule has 90 valence electrons. The predicted octanol–water partition coefficient (Wildman–Crippen LogP) is 2.71. The summed E-state index contributed by atoms with van der Waals surface area (Å²) in [5.41, 5.74) is 1.41. The summed E-state index contributed by atoms with van der Waals surface area (Å²) in [4.78, 5) is 2.49. The molecule has 2 rings (SSSR count). The highest BCUT2D eigenvalue weighted by Crippen LogP contribution is 2.22. The van der Waals surface area contributed by atoms with Gasteiger partial charge in [0.2, 0.25) is 0 Å². The molecule has 2 nitrogen and oxygen atoms in total. The van der Waals surface area contributed by atoms with Crippen LogP contribution in [0.3, 0.4) is 0 Å². The fourth-order valence-electron chi connectivity index (χ4n) is 2.56. The van der Waals surface area contributed by atoms with Gasteiger partial charge in [-0.25, -0.2) is 0 Å². The molecule has 2 atom stereocenters. The molecule has 1 aromatic carbocycles. The Hall–Kier alpha value is -1.33. The van der Waals surface area contributed by atoms with E-state index < -0.39 is 0 Å². The van der Waals surface area contributed by atoms with Gasteiger partial charge in [0.25, 0.3) is 0 Å². The number of nitriles is 1. The third-order valence-electron chi connectivity index (χ3n) is 3.71. The van der Waals surface area contributed by atoms with Gasteiger partial charge in [0.1, 0.15) is 0 Å². The zero-order valence-electron chi connectivity index (χ0n) is 10.5. The predicted molar refractivity (Wildman–Crippen MR) is 69.5 cm³/mol. The first kappa shape index (κ1) is 12.1. The molecular weight excluding hydrogens is 208 g/mol. The fraction of sp³-hybridized carbons (Fsp3) is 0.533. The van der Waals surface area contributed by atoms with E-state index in [-0.39, 0.29) is 5.92 Å². The third kappa shape index (κ3) is 3.31. The second-order valence-corrected chi connectivity index (χ2v) is 5.04. The first-order chi connectivity index (χ1) is 8.29. The minimum Gasteiger partial charge on any atom is -0.303 e. The minimum atomic E-state index is 0.267. The number of nitrogens with zero attached hydrogens (tertiary/aromatic N) is 2. The van der Waals surface area contributed by atoms with Gasteiger partial charge in [-0.15, -0.1) is 0 Å². The van der Waals surface area contributed by atoms with Gasteiger partial charge in [-0.05, 0) is 30.9 Å². The van der Waals surface area contributed by atoms with E-state index >= 15 is 0 Å². The van der Waals surface area contributed by atoms with Crippen LogP contribution in [0.1, 0.15) is 18.9 Å². The third-order valence-corrected chi connectivity index (χ3v) is 3.71. The summed E-state index contributed by atoms with van der Waals surface area (Å²) in [5.74, 6) is 0.785. The molecular formula is C15H20N2.